The van der Waals surface area contributed by atoms with Crippen LogP contribution >= 0.6 is 0 Å². The molecule has 6 heteroatoms. The van der Waals surface area contributed by atoms with Gasteiger partial charge in [0.2, 0.25) is 17.7 Å². The van der Waals surface area contributed by atoms with Crippen molar-refractivity contribution in [1.82, 2.24) is 4.98 Å². The van der Waals surface area contributed by atoms with E-state index >= 15 is 0 Å². The smallest absolute Gasteiger partial charge is 0.243 e. The van der Waals surface area contributed by atoms with Crippen LogP contribution in [0, 0.1) is 5.92 Å². The number of nitrogens with one attached hydrogen (secondary N) is 2. The predicted octanol–water partition coefficient (Wildman–Crippen LogP) is 3.50. The number of nitrogens with zero attached hydrogens (tertiary/aromatic N) is 1. The number of hydrogen-bond donors (Lipinski definition) is 2. The fourth-order valence-corrected chi connectivity index (χ4v) is 3.00. The summed E-state index contributed by atoms with van der Waals surface area (Å²) in [5.41, 5.74) is 2.41. The number of benzene rings is 1. The largest absolute Gasteiger partial charge is 0.437 e. The summed E-state index contributed by atoms with van der Waals surface area (Å²) in [4.78, 5) is 28.0. The summed E-state index contributed by atoms with van der Waals surface area (Å²) in [6.07, 6.45) is 5.84. The quantitative estimate of drug-likeness (QED) is 0.895. The minimum atomic E-state index is 0.0101. The van der Waals surface area contributed by atoms with Crippen LogP contribution in [0.2, 0.25) is 0 Å². The molecule has 1 aromatic heterocycles. The molecule has 1 fully saturated rings. The summed E-state index contributed by atoms with van der Waals surface area (Å²) >= 11 is 0. The minimum absolute atomic E-state index is 0.0101. The van der Waals surface area contributed by atoms with Gasteiger partial charge in [0.05, 0.1) is 0 Å². The third-order valence-electron chi connectivity index (χ3n) is 4.70. The Kier molecular flexibility index (Phi) is 4.09. The maximum Gasteiger partial charge on any atom is 0.243 e. The van der Waals surface area contributed by atoms with E-state index in [1.54, 1.807) is 24.4 Å². The zero-order valence-electron chi connectivity index (χ0n) is 13.7. The van der Waals surface area contributed by atoms with Crippen LogP contribution in [0.1, 0.15) is 31.2 Å². The molecule has 0 spiro atoms. The Balaban J connectivity index is 1.53. The van der Waals surface area contributed by atoms with Crippen LogP contribution in [-0.4, -0.2) is 16.8 Å². The fraction of sp³-hybridized carbons (Fsp3) is 0.316. The molecule has 2 aromatic rings. The Morgan fingerprint density at radius 1 is 1.24 bits per heavy atom. The number of rotatable bonds is 4. The van der Waals surface area contributed by atoms with E-state index in [9.17, 15) is 9.59 Å². The second-order valence-electron chi connectivity index (χ2n) is 6.44. The van der Waals surface area contributed by atoms with E-state index in [2.05, 4.69) is 15.6 Å². The molecule has 2 aliphatic rings. The first-order valence-corrected chi connectivity index (χ1v) is 8.55. The monoisotopic (exact) mass is 337 g/mol. The van der Waals surface area contributed by atoms with Gasteiger partial charge in [0.25, 0.3) is 0 Å². The first-order valence-electron chi connectivity index (χ1n) is 8.55. The lowest BCUT2D eigenvalue weighted by atomic mass is 9.85. The Bertz CT molecular complexity index is 830. The highest BCUT2D eigenvalue weighted by atomic mass is 16.5. The number of anilines is 2. The average Bonchev–Trinajstić information content (AvgIpc) is 2.54. The Hall–Kier alpha value is -2.89. The van der Waals surface area contributed by atoms with E-state index in [1.807, 2.05) is 12.1 Å². The van der Waals surface area contributed by atoms with Gasteiger partial charge < -0.3 is 15.4 Å². The summed E-state index contributed by atoms with van der Waals surface area (Å²) < 4.78 is 5.87. The first-order chi connectivity index (χ1) is 12.2. The van der Waals surface area contributed by atoms with Gasteiger partial charge in [-0.3, -0.25) is 9.59 Å². The minimum Gasteiger partial charge on any atom is -0.437 e. The van der Waals surface area contributed by atoms with Crippen molar-refractivity contribution in [1.29, 1.82) is 0 Å². The number of fused-ring (bicyclic) bond motifs is 1. The third kappa shape index (κ3) is 3.33. The van der Waals surface area contributed by atoms with Crippen LogP contribution in [0.4, 0.5) is 11.4 Å². The molecule has 6 nitrogen and oxygen atoms in total. The number of pyridine rings is 1. The SMILES string of the molecule is O=C1CCc2ccc(Oc3ncccc3NC(=O)C3CCC3)cc2N1. The van der Waals surface area contributed by atoms with Gasteiger partial charge in [-0.15, -0.1) is 0 Å². The number of carbonyl (C=O) groups is 2. The van der Waals surface area contributed by atoms with E-state index in [-0.39, 0.29) is 17.7 Å². The molecule has 0 unspecified atom stereocenters. The van der Waals surface area contributed by atoms with E-state index in [4.69, 9.17) is 4.74 Å². The Labute approximate surface area is 145 Å². The summed E-state index contributed by atoms with van der Waals surface area (Å²) in [5.74, 6) is 1.03. The first kappa shape index (κ1) is 15.6. The van der Waals surface area contributed by atoms with Crippen molar-refractivity contribution in [2.24, 2.45) is 5.92 Å². The van der Waals surface area contributed by atoms with Crippen LogP contribution < -0.4 is 15.4 Å². The van der Waals surface area contributed by atoms with Gasteiger partial charge in [-0.1, -0.05) is 12.5 Å². The Morgan fingerprint density at radius 2 is 2.12 bits per heavy atom. The molecule has 0 atom stereocenters. The van der Waals surface area contributed by atoms with Gasteiger partial charge in [-0.2, -0.15) is 0 Å². The van der Waals surface area contributed by atoms with Gasteiger partial charge in [0, 0.05) is 30.3 Å². The van der Waals surface area contributed by atoms with Crippen LogP contribution in [0.25, 0.3) is 0 Å². The number of ether oxygens (including phenoxy) is 1. The van der Waals surface area contributed by atoms with Crippen molar-refractivity contribution in [3.05, 3.63) is 42.1 Å². The normalized spacial score (nSPS) is 16.4. The lowest BCUT2D eigenvalue weighted by molar-refractivity contribution is -0.122. The number of aromatic nitrogens is 1. The summed E-state index contributed by atoms with van der Waals surface area (Å²) in [6, 6.07) is 9.12. The highest BCUT2D eigenvalue weighted by Gasteiger charge is 2.26. The van der Waals surface area contributed by atoms with Crippen molar-refractivity contribution in [3.8, 4) is 11.6 Å². The number of amides is 2. The average molecular weight is 337 g/mol. The molecule has 1 aromatic carbocycles. The molecule has 4 rings (SSSR count). The van der Waals surface area contributed by atoms with E-state index in [0.29, 0.717) is 23.7 Å². The van der Waals surface area contributed by atoms with Crippen LogP contribution in [0.15, 0.2) is 36.5 Å². The molecule has 2 N–H and O–H groups in total. The molecule has 0 bridgehead atoms. The number of aryl methyl sites for hydroxylation is 1. The molecule has 128 valence electrons. The molecule has 25 heavy (non-hydrogen) atoms. The topological polar surface area (TPSA) is 80.3 Å². The molecule has 1 saturated carbocycles. The van der Waals surface area contributed by atoms with E-state index < -0.39 is 0 Å². The maximum absolute atomic E-state index is 12.2. The number of carbonyl (C=O) groups excluding carboxylic acids is 2. The van der Waals surface area contributed by atoms with E-state index in [1.165, 1.54) is 0 Å². The molecule has 2 heterocycles. The van der Waals surface area contributed by atoms with Gasteiger partial charge in [0.1, 0.15) is 11.4 Å². The summed E-state index contributed by atoms with van der Waals surface area (Å²) in [5, 5.41) is 5.76. The molecule has 1 aliphatic heterocycles. The van der Waals surface area contributed by atoms with Crippen molar-refractivity contribution in [2.45, 2.75) is 32.1 Å². The summed E-state index contributed by atoms with van der Waals surface area (Å²) in [7, 11) is 0. The molecule has 2 amide bonds. The second-order valence-corrected chi connectivity index (χ2v) is 6.44. The maximum atomic E-state index is 12.2. The predicted molar refractivity (Wildman–Crippen MR) is 93.7 cm³/mol. The van der Waals surface area contributed by atoms with Crippen LogP contribution in [0.5, 0.6) is 11.6 Å². The zero-order valence-corrected chi connectivity index (χ0v) is 13.7. The lowest BCUT2D eigenvalue weighted by Gasteiger charge is -2.24. The summed E-state index contributed by atoms with van der Waals surface area (Å²) in [6.45, 7) is 0. The highest BCUT2D eigenvalue weighted by molar-refractivity contribution is 5.95. The molecule has 0 radical (unpaired) electrons. The highest BCUT2D eigenvalue weighted by Crippen LogP contribution is 2.33. The van der Waals surface area contributed by atoms with Gasteiger partial charge >= 0.3 is 0 Å². The van der Waals surface area contributed by atoms with Gasteiger partial charge in [-0.05, 0) is 43.0 Å². The number of hydrogen-bond acceptors (Lipinski definition) is 4. The molecule has 0 saturated heterocycles. The van der Waals surface area contributed by atoms with Crippen LogP contribution in [-0.2, 0) is 16.0 Å². The van der Waals surface area contributed by atoms with E-state index in [0.717, 1.165) is 36.9 Å². The van der Waals surface area contributed by atoms with Crippen molar-refractivity contribution in [2.75, 3.05) is 10.6 Å². The van der Waals surface area contributed by atoms with Crippen molar-refractivity contribution < 1.29 is 14.3 Å². The standard InChI is InChI=1S/C19H19N3O3/c23-17-9-7-12-6-8-14(11-16(12)21-17)25-19-15(5-2-10-20-19)22-18(24)13-3-1-4-13/h2,5-6,8,10-11,13H,1,3-4,7,9H2,(H,21,23)(H,22,24). The van der Waals surface area contributed by atoms with Gasteiger partial charge in [-0.25, -0.2) is 4.98 Å². The van der Waals surface area contributed by atoms with Crippen molar-refractivity contribution in [3.63, 3.8) is 0 Å². The van der Waals surface area contributed by atoms with Crippen molar-refractivity contribution >= 4 is 23.2 Å². The molecule has 1 aliphatic carbocycles. The van der Waals surface area contributed by atoms with Crippen LogP contribution in [0.3, 0.4) is 0 Å². The molecular weight excluding hydrogens is 318 g/mol. The van der Waals surface area contributed by atoms with Gasteiger partial charge in [0.15, 0.2) is 0 Å². The second kappa shape index (κ2) is 6.55. The fourth-order valence-electron chi connectivity index (χ4n) is 3.00. The molecular formula is C19H19N3O3. The Morgan fingerprint density at radius 3 is 2.92 bits per heavy atom. The lowest BCUT2D eigenvalue weighted by Crippen LogP contribution is -2.28. The zero-order chi connectivity index (χ0) is 17.2. The third-order valence-corrected chi connectivity index (χ3v) is 4.70.